The molecule has 0 spiro atoms. The number of fused-ring (bicyclic) bond motifs is 1. The Morgan fingerprint density at radius 3 is 2.75 bits per heavy atom. The van der Waals surface area contributed by atoms with Crippen molar-refractivity contribution in [3.8, 4) is 5.75 Å². The summed E-state index contributed by atoms with van der Waals surface area (Å²) < 4.78 is 5.46. The van der Waals surface area contributed by atoms with Crippen molar-refractivity contribution in [3.63, 3.8) is 0 Å². The van der Waals surface area contributed by atoms with Gasteiger partial charge in [0.25, 0.3) is 0 Å². The van der Waals surface area contributed by atoms with Crippen LogP contribution in [0, 0.1) is 0 Å². The maximum Gasteiger partial charge on any atom is 0.123 e. The lowest BCUT2D eigenvalue weighted by Gasteiger charge is -2.15. The second-order valence-electron chi connectivity index (χ2n) is 5.04. The molecule has 2 rings (SSSR count). The summed E-state index contributed by atoms with van der Waals surface area (Å²) in [7, 11) is 1.69. The minimum Gasteiger partial charge on any atom is -0.496 e. The predicted octanol–water partition coefficient (Wildman–Crippen LogP) is 3.10. The van der Waals surface area contributed by atoms with Crippen LogP contribution in [0.25, 0.3) is 10.8 Å². The van der Waals surface area contributed by atoms with E-state index < -0.39 is 0 Å². The number of hydrogen-bond donors (Lipinski definition) is 2. The lowest BCUT2D eigenvalue weighted by atomic mass is 10.0. The molecule has 0 radical (unpaired) electrons. The Bertz CT molecular complexity index is 554. The van der Waals surface area contributed by atoms with Crippen LogP contribution in [0.15, 0.2) is 36.4 Å². The van der Waals surface area contributed by atoms with E-state index in [0.29, 0.717) is 13.1 Å². The van der Waals surface area contributed by atoms with Crippen molar-refractivity contribution in [2.75, 3.05) is 13.7 Å². The molecule has 0 aliphatic rings. The van der Waals surface area contributed by atoms with Crippen LogP contribution in [0.3, 0.4) is 0 Å². The van der Waals surface area contributed by atoms with Gasteiger partial charge in [-0.2, -0.15) is 0 Å². The summed E-state index contributed by atoms with van der Waals surface area (Å²) in [6.45, 7) is 3.39. The molecule has 3 heteroatoms. The first-order valence-corrected chi connectivity index (χ1v) is 7.19. The highest BCUT2D eigenvalue weighted by atomic mass is 16.5. The fraction of sp³-hybridized carbons (Fsp3) is 0.412. The number of rotatable bonds is 7. The molecule has 0 fully saturated rings. The maximum absolute atomic E-state index is 9.77. The second kappa shape index (κ2) is 7.27. The lowest BCUT2D eigenvalue weighted by Crippen LogP contribution is -2.26. The van der Waals surface area contributed by atoms with E-state index in [1.807, 2.05) is 18.2 Å². The van der Waals surface area contributed by atoms with Gasteiger partial charge in [-0.1, -0.05) is 43.7 Å². The van der Waals surface area contributed by atoms with Gasteiger partial charge in [0.05, 0.1) is 13.2 Å². The molecular formula is C17H23NO2. The van der Waals surface area contributed by atoms with Gasteiger partial charge in [-0.3, -0.25) is 0 Å². The molecule has 0 saturated carbocycles. The van der Waals surface area contributed by atoms with Gasteiger partial charge in [-0.05, 0) is 23.3 Å². The van der Waals surface area contributed by atoms with E-state index in [1.54, 1.807) is 7.11 Å². The molecule has 2 aromatic rings. The number of aliphatic hydroxyl groups is 1. The Morgan fingerprint density at radius 2 is 2.00 bits per heavy atom. The molecule has 2 N–H and O–H groups in total. The van der Waals surface area contributed by atoms with E-state index >= 15 is 0 Å². The smallest absolute Gasteiger partial charge is 0.123 e. The zero-order chi connectivity index (χ0) is 14.4. The van der Waals surface area contributed by atoms with Crippen molar-refractivity contribution in [3.05, 3.63) is 42.0 Å². The summed E-state index contributed by atoms with van der Waals surface area (Å²) in [5.41, 5.74) is 1.15. The van der Waals surface area contributed by atoms with Crippen molar-refractivity contribution in [1.29, 1.82) is 0 Å². The highest BCUT2D eigenvalue weighted by Gasteiger charge is 2.09. The number of ether oxygens (including phenoxy) is 1. The zero-order valence-electron chi connectivity index (χ0n) is 12.2. The lowest BCUT2D eigenvalue weighted by molar-refractivity contribution is 0.160. The maximum atomic E-state index is 9.77. The molecule has 0 bridgehead atoms. The topological polar surface area (TPSA) is 41.5 Å². The SMILES string of the molecule is CCCC(O)CNCc1c(OC)ccc2ccccc12. The molecule has 3 nitrogen and oxygen atoms in total. The van der Waals surface area contributed by atoms with Crippen LogP contribution in [-0.4, -0.2) is 24.9 Å². The summed E-state index contributed by atoms with van der Waals surface area (Å²) >= 11 is 0. The first-order valence-electron chi connectivity index (χ1n) is 7.19. The number of methoxy groups -OCH3 is 1. The highest BCUT2D eigenvalue weighted by Crippen LogP contribution is 2.27. The first kappa shape index (κ1) is 14.8. The third-order valence-electron chi connectivity index (χ3n) is 3.52. The molecule has 20 heavy (non-hydrogen) atoms. The van der Waals surface area contributed by atoms with Gasteiger partial charge < -0.3 is 15.2 Å². The molecule has 0 aromatic heterocycles. The van der Waals surface area contributed by atoms with Crippen molar-refractivity contribution < 1.29 is 9.84 Å². The van der Waals surface area contributed by atoms with Gasteiger partial charge in [0.2, 0.25) is 0 Å². The van der Waals surface area contributed by atoms with Gasteiger partial charge in [0.15, 0.2) is 0 Å². The van der Waals surface area contributed by atoms with Gasteiger partial charge in [-0.25, -0.2) is 0 Å². The third kappa shape index (κ3) is 3.50. The Hall–Kier alpha value is -1.58. The summed E-state index contributed by atoms with van der Waals surface area (Å²) in [5.74, 6) is 0.890. The first-order chi connectivity index (χ1) is 9.76. The molecular weight excluding hydrogens is 250 g/mol. The average Bonchev–Trinajstić information content (AvgIpc) is 2.47. The summed E-state index contributed by atoms with van der Waals surface area (Å²) in [6.07, 6.45) is 1.56. The van der Waals surface area contributed by atoms with Crippen molar-refractivity contribution in [2.24, 2.45) is 0 Å². The molecule has 0 amide bonds. The molecule has 108 valence electrons. The molecule has 0 saturated heterocycles. The average molecular weight is 273 g/mol. The minimum absolute atomic E-state index is 0.277. The van der Waals surface area contributed by atoms with Crippen molar-refractivity contribution >= 4 is 10.8 Å². The summed E-state index contributed by atoms with van der Waals surface area (Å²) in [4.78, 5) is 0. The molecule has 0 heterocycles. The Balaban J connectivity index is 2.15. The van der Waals surface area contributed by atoms with E-state index in [9.17, 15) is 5.11 Å². The van der Waals surface area contributed by atoms with Gasteiger partial charge >= 0.3 is 0 Å². The molecule has 0 aliphatic heterocycles. The van der Waals surface area contributed by atoms with E-state index in [1.165, 1.54) is 10.8 Å². The molecule has 0 aliphatic carbocycles. The fourth-order valence-electron chi connectivity index (χ4n) is 2.49. The van der Waals surface area contributed by atoms with E-state index in [0.717, 1.165) is 24.2 Å². The molecule has 1 unspecified atom stereocenters. The summed E-state index contributed by atoms with van der Waals surface area (Å²) in [5, 5.41) is 15.5. The largest absolute Gasteiger partial charge is 0.496 e. The Labute approximate surface area is 120 Å². The van der Waals surface area contributed by atoms with Crippen molar-refractivity contribution in [2.45, 2.75) is 32.4 Å². The van der Waals surface area contributed by atoms with Crippen LogP contribution in [-0.2, 0) is 6.54 Å². The second-order valence-corrected chi connectivity index (χ2v) is 5.04. The molecule has 1 atom stereocenters. The number of aliphatic hydroxyl groups excluding tert-OH is 1. The Morgan fingerprint density at radius 1 is 1.20 bits per heavy atom. The number of benzene rings is 2. The van der Waals surface area contributed by atoms with E-state index in [2.05, 4.69) is 30.4 Å². The standard InChI is InChI=1S/C17H23NO2/c1-3-6-14(19)11-18-12-16-15-8-5-4-7-13(15)9-10-17(16)20-2/h4-5,7-10,14,18-19H,3,6,11-12H2,1-2H3. The normalized spacial score (nSPS) is 12.6. The van der Waals surface area contributed by atoms with Crippen LogP contribution in [0.5, 0.6) is 5.75 Å². The zero-order valence-corrected chi connectivity index (χ0v) is 12.2. The van der Waals surface area contributed by atoms with Crippen LogP contribution in [0.4, 0.5) is 0 Å². The van der Waals surface area contributed by atoms with Gasteiger partial charge in [-0.15, -0.1) is 0 Å². The quantitative estimate of drug-likeness (QED) is 0.814. The van der Waals surface area contributed by atoms with Crippen LogP contribution < -0.4 is 10.1 Å². The van der Waals surface area contributed by atoms with Crippen LogP contribution >= 0.6 is 0 Å². The fourth-order valence-corrected chi connectivity index (χ4v) is 2.49. The Kier molecular flexibility index (Phi) is 5.39. The predicted molar refractivity (Wildman–Crippen MR) is 83.1 cm³/mol. The summed E-state index contributed by atoms with van der Waals surface area (Å²) in [6, 6.07) is 12.4. The van der Waals surface area contributed by atoms with Crippen LogP contribution in [0.2, 0.25) is 0 Å². The van der Waals surface area contributed by atoms with E-state index in [4.69, 9.17) is 4.74 Å². The van der Waals surface area contributed by atoms with Gasteiger partial charge in [0, 0.05) is 18.7 Å². The monoisotopic (exact) mass is 273 g/mol. The highest BCUT2D eigenvalue weighted by molar-refractivity contribution is 5.87. The third-order valence-corrected chi connectivity index (χ3v) is 3.52. The van der Waals surface area contributed by atoms with Crippen LogP contribution in [0.1, 0.15) is 25.3 Å². The number of hydrogen-bond acceptors (Lipinski definition) is 3. The van der Waals surface area contributed by atoms with Crippen molar-refractivity contribution in [1.82, 2.24) is 5.32 Å². The minimum atomic E-state index is -0.277. The van der Waals surface area contributed by atoms with E-state index in [-0.39, 0.29) is 6.10 Å². The van der Waals surface area contributed by atoms with Gasteiger partial charge in [0.1, 0.15) is 5.75 Å². The number of nitrogens with one attached hydrogen (secondary N) is 1. The molecule has 2 aromatic carbocycles.